The molecule has 0 saturated carbocycles. The van der Waals surface area contributed by atoms with Gasteiger partial charge < -0.3 is 25.9 Å². The number of nitro benzene ring substituents is 1. The molecular weight excluding hydrogens is 429 g/mol. The molecule has 2 amide bonds. The van der Waals surface area contributed by atoms with E-state index in [1.807, 2.05) is 6.07 Å². The number of amides is 2. The minimum Gasteiger partial charge on any atom is -0.550 e. The van der Waals surface area contributed by atoms with Crippen molar-refractivity contribution in [1.29, 1.82) is 0 Å². The van der Waals surface area contributed by atoms with Gasteiger partial charge >= 0.3 is 29.6 Å². The van der Waals surface area contributed by atoms with Gasteiger partial charge in [0.2, 0.25) is 11.8 Å². The van der Waals surface area contributed by atoms with Crippen molar-refractivity contribution in [3.05, 3.63) is 64.3 Å². The summed E-state index contributed by atoms with van der Waals surface area (Å²) in [5.41, 5.74) is -0.282. The van der Waals surface area contributed by atoms with Crippen LogP contribution >= 0.6 is 0 Å². The van der Waals surface area contributed by atoms with Gasteiger partial charge in [-0.05, 0) is 18.6 Å². The number of anilines is 1. The number of nitro groups is 1. The molecule has 0 aliphatic carbocycles. The molecule has 0 aliphatic heterocycles. The number of nitrogens with one attached hydrogen (secondary N) is 3. The van der Waals surface area contributed by atoms with Crippen molar-refractivity contribution in [2.45, 2.75) is 25.3 Å². The van der Waals surface area contributed by atoms with E-state index in [1.165, 1.54) is 24.3 Å². The number of carboxylic acid groups (broad SMARTS) is 1. The van der Waals surface area contributed by atoms with Crippen LogP contribution in [0.2, 0.25) is 0 Å². The van der Waals surface area contributed by atoms with Gasteiger partial charge in [0, 0.05) is 37.6 Å². The number of hydrogen-bond acceptors (Lipinski definition) is 8. The summed E-state index contributed by atoms with van der Waals surface area (Å²) >= 11 is 0. The molecule has 0 saturated heterocycles. The first-order chi connectivity index (χ1) is 14.9. The number of pyridine rings is 1. The van der Waals surface area contributed by atoms with E-state index in [9.17, 15) is 29.6 Å². The van der Waals surface area contributed by atoms with E-state index in [0.29, 0.717) is 18.8 Å². The fraction of sp³-hybridized carbons (Fsp3) is 0.300. The molecule has 0 fully saturated rings. The molecule has 1 heterocycles. The third-order valence-electron chi connectivity index (χ3n) is 4.21. The monoisotopic (exact) mass is 451 g/mol. The second-order valence-corrected chi connectivity index (χ2v) is 6.53. The molecule has 11 nitrogen and oxygen atoms in total. The molecular formula is C20H22N5NaO6. The number of benzene rings is 1. The molecule has 0 spiro atoms. The molecule has 1 unspecified atom stereocenters. The summed E-state index contributed by atoms with van der Waals surface area (Å²) in [6.45, 7) is 0.124. The maximum absolute atomic E-state index is 12.2. The molecule has 3 N–H and O–H groups in total. The van der Waals surface area contributed by atoms with Crippen molar-refractivity contribution in [3.8, 4) is 0 Å². The zero-order chi connectivity index (χ0) is 22.6. The van der Waals surface area contributed by atoms with Gasteiger partial charge in [0.1, 0.15) is 5.82 Å². The van der Waals surface area contributed by atoms with Crippen molar-refractivity contribution in [3.63, 3.8) is 0 Å². The molecule has 0 aliphatic rings. The Hall–Kier alpha value is -3.02. The van der Waals surface area contributed by atoms with Crippen LogP contribution in [0.3, 0.4) is 0 Å². The number of aliphatic carboxylic acids is 1. The van der Waals surface area contributed by atoms with Gasteiger partial charge in [-0.2, -0.15) is 0 Å². The van der Waals surface area contributed by atoms with Gasteiger partial charge in [0.25, 0.3) is 5.69 Å². The van der Waals surface area contributed by atoms with E-state index in [-0.39, 0.29) is 53.1 Å². The largest absolute Gasteiger partial charge is 1.00 e. The average molecular weight is 451 g/mol. The Morgan fingerprint density at radius 1 is 1.06 bits per heavy atom. The predicted molar refractivity (Wildman–Crippen MR) is 109 cm³/mol. The minimum absolute atomic E-state index is 0. The van der Waals surface area contributed by atoms with E-state index >= 15 is 0 Å². The third-order valence-corrected chi connectivity index (χ3v) is 4.21. The normalized spacial score (nSPS) is 10.9. The first kappa shape index (κ1) is 27.0. The van der Waals surface area contributed by atoms with Gasteiger partial charge in [-0.3, -0.25) is 19.7 Å². The molecule has 1 aromatic carbocycles. The predicted octanol–water partition coefficient (Wildman–Crippen LogP) is -2.70. The van der Waals surface area contributed by atoms with Crippen molar-refractivity contribution >= 4 is 29.3 Å². The number of carbonyl (C=O) groups excluding carboxylic acids is 3. The standard InChI is InChI=1S/C20H23N5O6.Na/c26-18(9-5-11-22-17-8-3-4-10-21-17)23-13-19(27)24-15(12-20(28)29)14-6-1-2-7-16(14)25(30)31;/h1-4,6-8,10,15H,5,9,11-13H2,(H,21,22)(H,23,26)(H,24,27)(H,28,29);/q;+1/p-1. The van der Waals surface area contributed by atoms with Crippen LogP contribution < -0.4 is 50.6 Å². The molecule has 12 heteroatoms. The summed E-state index contributed by atoms with van der Waals surface area (Å²) in [7, 11) is 0. The molecule has 0 bridgehead atoms. The molecule has 2 aromatic rings. The molecule has 1 aromatic heterocycles. The Labute approximate surface area is 206 Å². The van der Waals surface area contributed by atoms with Crippen LogP contribution in [-0.4, -0.2) is 40.8 Å². The van der Waals surface area contributed by atoms with Crippen molar-refractivity contribution in [2.24, 2.45) is 0 Å². The van der Waals surface area contributed by atoms with Gasteiger partial charge in [0.15, 0.2) is 0 Å². The van der Waals surface area contributed by atoms with E-state index < -0.39 is 35.8 Å². The van der Waals surface area contributed by atoms with Crippen molar-refractivity contribution < 1.29 is 54.0 Å². The number of nitrogens with zero attached hydrogens (tertiary/aromatic N) is 2. The molecule has 2 rings (SSSR count). The van der Waals surface area contributed by atoms with Crippen LogP contribution in [0.15, 0.2) is 48.7 Å². The topological polar surface area (TPSA) is 166 Å². The van der Waals surface area contributed by atoms with Crippen LogP contribution in [0, 0.1) is 10.1 Å². The van der Waals surface area contributed by atoms with Gasteiger partial charge in [-0.15, -0.1) is 0 Å². The van der Waals surface area contributed by atoms with Crippen LogP contribution in [0.1, 0.15) is 30.9 Å². The van der Waals surface area contributed by atoms with Crippen LogP contribution in [-0.2, 0) is 14.4 Å². The number of carboxylic acids is 1. The van der Waals surface area contributed by atoms with Crippen LogP contribution in [0.5, 0.6) is 0 Å². The summed E-state index contributed by atoms with van der Waals surface area (Å²) in [6.07, 6.45) is 1.67. The smallest absolute Gasteiger partial charge is 0.550 e. The second kappa shape index (κ2) is 14.1. The summed E-state index contributed by atoms with van der Waals surface area (Å²) in [5.74, 6) is -1.83. The number of hydrogen-bond donors (Lipinski definition) is 3. The zero-order valence-electron chi connectivity index (χ0n) is 17.6. The summed E-state index contributed by atoms with van der Waals surface area (Å²) < 4.78 is 0. The van der Waals surface area contributed by atoms with E-state index in [0.717, 1.165) is 0 Å². The molecule has 32 heavy (non-hydrogen) atoms. The molecule has 0 radical (unpaired) electrons. The Morgan fingerprint density at radius 3 is 2.44 bits per heavy atom. The zero-order valence-corrected chi connectivity index (χ0v) is 19.6. The number of para-hydroxylation sites is 1. The Morgan fingerprint density at radius 2 is 1.78 bits per heavy atom. The maximum atomic E-state index is 12.2. The van der Waals surface area contributed by atoms with Gasteiger partial charge in [-0.1, -0.05) is 24.3 Å². The second-order valence-electron chi connectivity index (χ2n) is 6.53. The minimum atomic E-state index is -1.48. The Bertz CT molecular complexity index is 928. The first-order valence-corrected chi connectivity index (χ1v) is 9.51. The van der Waals surface area contributed by atoms with Crippen molar-refractivity contribution in [1.82, 2.24) is 15.6 Å². The number of rotatable bonds is 12. The van der Waals surface area contributed by atoms with Crippen LogP contribution in [0.4, 0.5) is 11.5 Å². The van der Waals surface area contributed by atoms with E-state index in [4.69, 9.17) is 0 Å². The Kier molecular flexibility index (Phi) is 11.9. The maximum Gasteiger partial charge on any atom is 1.00 e. The number of carbonyl (C=O) groups is 3. The van der Waals surface area contributed by atoms with Crippen LogP contribution in [0.25, 0.3) is 0 Å². The summed E-state index contributed by atoms with van der Waals surface area (Å²) in [5, 5.41) is 30.1. The third kappa shape index (κ3) is 9.41. The van der Waals surface area contributed by atoms with Crippen molar-refractivity contribution in [2.75, 3.05) is 18.4 Å². The quantitative estimate of drug-likeness (QED) is 0.136. The van der Waals surface area contributed by atoms with E-state index in [1.54, 1.807) is 18.3 Å². The van der Waals surface area contributed by atoms with Gasteiger partial charge in [-0.25, -0.2) is 4.98 Å². The summed E-state index contributed by atoms with van der Waals surface area (Å²) in [4.78, 5) is 49.8. The molecule has 1 atom stereocenters. The number of aromatic nitrogens is 1. The fourth-order valence-electron chi connectivity index (χ4n) is 2.80. The average Bonchev–Trinajstić information content (AvgIpc) is 2.75. The van der Waals surface area contributed by atoms with Gasteiger partial charge in [0.05, 0.1) is 23.1 Å². The first-order valence-electron chi connectivity index (χ1n) is 9.51. The fourth-order valence-corrected chi connectivity index (χ4v) is 2.80. The SMILES string of the molecule is O=C([O-])CC(NC(=O)CNC(=O)CCCNc1ccccn1)c1ccccc1[N+](=O)[O-].[Na+]. The molecule has 164 valence electrons. The Balaban J connectivity index is 0.00000512. The van der Waals surface area contributed by atoms with E-state index in [2.05, 4.69) is 20.9 Å². The summed E-state index contributed by atoms with van der Waals surface area (Å²) in [6, 6.07) is 9.75.